The van der Waals surface area contributed by atoms with E-state index in [-0.39, 0.29) is 27.9 Å². The van der Waals surface area contributed by atoms with E-state index in [2.05, 4.69) is 24.3 Å². The summed E-state index contributed by atoms with van der Waals surface area (Å²) in [5.41, 5.74) is 4.70. The van der Waals surface area contributed by atoms with Crippen LogP contribution >= 0.6 is 0 Å². The first-order valence-corrected chi connectivity index (χ1v) is 13.3. The van der Waals surface area contributed by atoms with Crippen LogP contribution in [0.25, 0.3) is 10.8 Å². The second-order valence-corrected chi connectivity index (χ2v) is 10.7. The third-order valence-electron chi connectivity index (χ3n) is 7.29. The molecule has 186 valence electrons. The molecule has 37 heavy (non-hydrogen) atoms. The van der Waals surface area contributed by atoms with Gasteiger partial charge in [-0.15, -0.1) is 0 Å². The zero-order valence-corrected chi connectivity index (χ0v) is 20.4. The molecule has 0 radical (unpaired) electrons. The van der Waals surface area contributed by atoms with Gasteiger partial charge in [0.15, 0.2) is 6.61 Å². The number of hydrogen-bond acceptors (Lipinski definition) is 6. The lowest BCUT2D eigenvalue weighted by molar-refractivity contribution is -0.157. The summed E-state index contributed by atoms with van der Waals surface area (Å²) in [5, 5.41) is 0.540. The monoisotopic (exact) mass is 514 g/mol. The van der Waals surface area contributed by atoms with Crippen molar-refractivity contribution >= 4 is 32.8 Å². The minimum Gasteiger partial charge on any atom is -0.453 e. The van der Waals surface area contributed by atoms with E-state index in [0.717, 1.165) is 11.1 Å². The molecule has 0 aliphatic heterocycles. The lowest BCUT2D eigenvalue weighted by Gasteiger charge is -2.44. The van der Waals surface area contributed by atoms with E-state index in [1.54, 1.807) is 18.2 Å². The van der Waals surface area contributed by atoms with E-state index in [1.807, 2.05) is 24.3 Å². The van der Waals surface area contributed by atoms with Crippen molar-refractivity contribution < 1.29 is 32.0 Å². The minimum atomic E-state index is -4.47. The largest absolute Gasteiger partial charge is 0.453 e. The van der Waals surface area contributed by atoms with Gasteiger partial charge in [0.2, 0.25) is 0 Å². The van der Waals surface area contributed by atoms with Crippen LogP contribution in [-0.4, -0.2) is 31.5 Å². The average molecular weight is 515 g/mol. The molecule has 1 atom stereocenters. The summed E-state index contributed by atoms with van der Waals surface area (Å²) in [4.78, 5) is 25.5. The van der Waals surface area contributed by atoms with Crippen LogP contribution in [-0.2, 0) is 24.4 Å². The molecule has 4 aromatic carbocycles. The SMILES string of the molecule is O=C(COC(=O)C1CC2c3ccccc3C1c1ccccc12)Oc1ccc(S(=O)(=O)O)c2ccccc12. The van der Waals surface area contributed by atoms with Gasteiger partial charge in [-0.1, -0.05) is 72.8 Å². The van der Waals surface area contributed by atoms with Crippen LogP contribution in [0.3, 0.4) is 0 Å². The Hall–Kier alpha value is -4.01. The Morgan fingerprint density at radius 1 is 0.784 bits per heavy atom. The number of rotatable bonds is 5. The summed E-state index contributed by atoms with van der Waals surface area (Å²) in [7, 11) is -4.47. The normalized spacial score (nSPS) is 19.6. The molecule has 3 aliphatic carbocycles. The van der Waals surface area contributed by atoms with Gasteiger partial charge in [-0.2, -0.15) is 8.42 Å². The van der Waals surface area contributed by atoms with Crippen molar-refractivity contribution in [1.29, 1.82) is 0 Å². The molecule has 0 fully saturated rings. The van der Waals surface area contributed by atoms with Crippen LogP contribution in [0.2, 0.25) is 0 Å². The Morgan fingerprint density at radius 3 is 1.97 bits per heavy atom. The summed E-state index contributed by atoms with van der Waals surface area (Å²) in [6.07, 6.45) is 0.605. The van der Waals surface area contributed by atoms with Gasteiger partial charge < -0.3 is 9.47 Å². The lowest BCUT2D eigenvalue weighted by atomic mass is 9.59. The highest BCUT2D eigenvalue weighted by atomic mass is 32.2. The zero-order valence-electron chi connectivity index (χ0n) is 19.5. The predicted molar refractivity (Wildman–Crippen MR) is 135 cm³/mol. The fraction of sp³-hybridized carbons (Fsp3) is 0.172. The molecule has 8 heteroatoms. The molecule has 0 saturated heterocycles. The zero-order chi connectivity index (χ0) is 25.7. The van der Waals surface area contributed by atoms with Gasteiger partial charge in [-0.25, -0.2) is 4.79 Å². The maximum atomic E-state index is 13.2. The van der Waals surface area contributed by atoms with E-state index in [0.29, 0.717) is 11.8 Å². The third kappa shape index (κ3) is 3.98. The first-order valence-electron chi connectivity index (χ1n) is 11.9. The molecule has 1 N–H and O–H groups in total. The van der Waals surface area contributed by atoms with Gasteiger partial charge >= 0.3 is 11.9 Å². The highest BCUT2D eigenvalue weighted by Gasteiger charge is 2.46. The van der Waals surface area contributed by atoms with Crippen LogP contribution in [0, 0.1) is 5.92 Å². The summed E-state index contributed by atoms with van der Waals surface area (Å²) in [5.74, 6) is -1.61. The molecular formula is C29H22O7S. The van der Waals surface area contributed by atoms with Crippen molar-refractivity contribution in [2.24, 2.45) is 5.92 Å². The molecule has 2 bridgehead atoms. The summed E-state index contributed by atoms with van der Waals surface area (Å²) in [6, 6.07) is 25.1. The highest BCUT2D eigenvalue weighted by Crippen LogP contribution is 2.55. The number of carbonyl (C=O) groups is 2. The summed E-state index contributed by atoms with van der Waals surface area (Å²) in [6.45, 7) is -0.579. The van der Waals surface area contributed by atoms with E-state index in [4.69, 9.17) is 9.47 Å². The Morgan fingerprint density at radius 2 is 1.35 bits per heavy atom. The standard InChI is InChI=1S/C29H22O7S/c30-27(36-25-13-14-26(37(32,33)34)20-10-4-3-9-19(20)25)16-35-29(31)24-15-23-17-7-1-5-11-21(17)28(24)22-12-6-2-8-18(22)23/h1-14,23-24,28H,15-16H2,(H,32,33,34). The first kappa shape index (κ1) is 23.4. The van der Waals surface area contributed by atoms with Crippen LogP contribution < -0.4 is 4.74 Å². The average Bonchev–Trinajstić information content (AvgIpc) is 2.91. The van der Waals surface area contributed by atoms with Crippen molar-refractivity contribution in [1.82, 2.24) is 0 Å². The molecule has 7 nitrogen and oxygen atoms in total. The third-order valence-corrected chi connectivity index (χ3v) is 8.20. The molecule has 0 spiro atoms. The van der Waals surface area contributed by atoms with E-state index in [9.17, 15) is 22.6 Å². The summed E-state index contributed by atoms with van der Waals surface area (Å²) < 4.78 is 43.8. The quantitative estimate of drug-likeness (QED) is 0.231. The highest BCUT2D eigenvalue weighted by molar-refractivity contribution is 7.86. The maximum Gasteiger partial charge on any atom is 0.349 e. The van der Waals surface area contributed by atoms with E-state index < -0.39 is 34.6 Å². The molecule has 3 aliphatic rings. The number of benzene rings is 4. The smallest absolute Gasteiger partial charge is 0.349 e. The van der Waals surface area contributed by atoms with Gasteiger partial charge in [0.05, 0.1) is 5.92 Å². The molecule has 0 saturated carbocycles. The van der Waals surface area contributed by atoms with Crippen LogP contribution in [0.1, 0.15) is 40.5 Å². The van der Waals surface area contributed by atoms with E-state index in [1.165, 1.54) is 29.3 Å². The number of esters is 2. The fourth-order valence-electron chi connectivity index (χ4n) is 5.81. The summed E-state index contributed by atoms with van der Waals surface area (Å²) >= 11 is 0. The van der Waals surface area contributed by atoms with Gasteiger partial charge in [0.25, 0.3) is 10.1 Å². The van der Waals surface area contributed by atoms with Gasteiger partial charge in [0.1, 0.15) is 10.6 Å². The van der Waals surface area contributed by atoms with Crippen molar-refractivity contribution in [3.05, 3.63) is 107 Å². The van der Waals surface area contributed by atoms with Gasteiger partial charge in [-0.05, 0) is 40.8 Å². The Labute approximate surface area is 213 Å². The minimum absolute atomic E-state index is 0.0922. The van der Waals surface area contributed by atoms with Crippen molar-refractivity contribution in [2.75, 3.05) is 6.61 Å². The molecule has 4 aromatic rings. The second kappa shape index (κ2) is 8.83. The lowest BCUT2D eigenvalue weighted by Crippen LogP contribution is -2.37. The Balaban J connectivity index is 1.20. The van der Waals surface area contributed by atoms with E-state index >= 15 is 0 Å². The van der Waals surface area contributed by atoms with Crippen molar-refractivity contribution in [2.45, 2.75) is 23.2 Å². The Bertz CT molecular complexity index is 1630. The van der Waals surface area contributed by atoms with Crippen LogP contribution in [0.15, 0.2) is 89.8 Å². The Kier molecular flexibility index (Phi) is 5.58. The van der Waals surface area contributed by atoms with Crippen LogP contribution in [0.5, 0.6) is 5.75 Å². The molecule has 0 heterocycles. The molecule has 1 unspecified atom stereocenters. The number of carbonyl (C=O) groups excluding carboxylic acids is 2. The molecule has 0 amide bonds. The maximum absolute atomic E-state index is 13.2. The molecule has 0 aromatic heterocycles. The second-order valence-electron chi connectivity index (χ2n) is 9.29. The van der Waals surface area contributed by atoms with Gasteiger partial charge in [-0.3, -0.25) is 9.35 Å². The molecular weight excluding hydrogens is 492 g/mol. The predicted octanol–water partition coefficient (Wildman–Crippen LogP) is 4.83. The first-order chi connectivity index (χ1) is 17.8. The fourth-order valence-corrected chi connectivity index (χ4v) is 6.51. The van der Waals surface area contributed by atoms with Crippen molar-refractivity contribution in [3.63, 3.8) is 0 Å². The number of hydrogen-bond donors (Lipinski definition) is 1. The van der Waals surface area contributed by atoms with Gasteiger partial charge in [0, 0.05) is 22.6 Å². The van der Waals surface area contributed by atoms with Crippen LogP contribution in [0.4, 0.5) is 0 Å². The number of fused-ring (bicyclic) bond motifs is 2. The topological polar surface area (TPSA) is 107 Å². The molecule has 7 rings (SSSR count). The van der Waals surface area contributed by atoms with Crippen molar-refractivity contribution in [3.8, 4) is 5.75 Å². The number of ether oxygens (including phenoxy) is 2.